The summed E-state index contributed by atoms with van der Waals surface area (Å²) in [5.74, 6) is 0. The number of rotatable bonds is 2. The summed E-state index contributed by atoms with van der Waals surface area (Å²) in [5.41, 5.74) is 4.34. The monoisotopic (exact) mass is 298 g/mol. The highest BCUT2D eigenvalue weighted by molar-refractivity contribution is 5.82. The lowest BCUT2D eigenvalue weighted by Gasteiger charge is -2.12. The molecule has 110 valence electrons. The Morgan fingerprint density at radius 2 is 1.22 bits per heavy atom. The van der Waals surface area contributed by atoms with E-state index in [1.165, 1.54) is 0 Å². The van der Waals surface area contributed by atoms with E-state index in [0.29, 0.717) is 22.4 Å². The fraction of sp³-hybridized carbons (Fsp3) is 0. The molecule has 4 rings (SSSR count). The van der Waals surface area contributed by atoms with Crippen LogP contribution in [-0.4, -0.2) is 4.98 Å². The minimum Gasteiger partial charge on any atom is -0.618 e. The molecule has 0 saturated carbocycles. The molecular weight excluding hydrogens is 284 g/mol. The van der Waals surface area contributed by atoms with E-state index in [1.807, 2.05) is 78.9 Å². The van der Waals surface area contributed by atoms with Gasteiger partial charge >= 0.3 is 0 Å². The van der Waals surface area contributed by atoms with Gasteiger partial charge in [0.2, 0.25) is 5.52 Å². The normalized spacial score (nSPS) is 10.8. The van der Waals surface area contributed by atoms with Crippen molar-refractivity contribution in [1.29, 1.82) is 0 Å². The number of nitrogens with zero attached hydrogens (tertiary/aromatic N) is 2. The van der Waals surface area contributed by atoms with Crippen molar-refractivity contribution in [3.8, 4) is 22.5 Å². The Balaban J connectivity index is 2.11. The maximum Gasteiger partial charge on any atom is 0.250 e. The highest BCUT2D eigenvalue weighted by Gasteiger charge is 2.21. The van der Waals surface area contributed by atoms with Crippen molar-refractivity contribution >= 4 is 11.0 Å². The topological polar surface area (TPSA) is 39.8 Å². The SMILES string of the molecule is [O-][n+]1c(-c2ccccc2)c(-c2ccccc2)nc2ccccc21. The number of aromatic nitrogens is 2. The van der Waals surface area contributed by atoms with Crippen LogP contribution in [0.2, 0.25) is 0 Å². The molecule has 3 aromatic carbocycles. The third-order valence-electron chi connectivity index (χ3n) is 3.85. The van der Waals surface area contributed by atoms with E-state index < -0.39 is 0 Å². The van der Waals surface area contributed by atoms with Crippen molar-refractivity contribution < 1.29 is 4.73 Å². The summed E-state index contributed by atoms with van der Waals surface area (Å²) in [5, 5.41) is 13.0. The molecule has 0 radical (unpaired) electrons. The van der Waals surface area contributed by atoms with Gasteiger partial charge in [-0.15, -0.1) is 0 Å². The van der Waals surface area contributed by atoms with E-state index in [2.05, 4.69) is 0 Å². The van der Waals surface area contributed by atoms with Gasteiger partial charge < -0.3 is 5.21 Å². The number of para-hydroxylation sites is 2. The molecular formula is C20H14N2O. The van der Waals surface area contributed by atoms with Crippen molar-refractivity contribution in [2.75, 3.05) is 0 Å². The Kier molecular flexibility index (Phi) is 3.24. The summed E-state index contributed by atoms with van der Waals surface area (Å²) in [7, 11) is 0. The zero-order valence-electron chi connectivity index (χ0n) is 12.4. The molecule has 1 heterocycles. The van der Waals surface area contributed by atoms with E-state index in [0.717, 1.165) is 15.9 Å². The number of hydrogen-bond acceptors (Lipinski definition) is 2. The molecule has 0 aliphatic rings. The maximum absolute atomic E-state index is 13.0. The summed E-state index contributed by atoms with van der Waals surface area (Å²) >= 11 is 0. The largest absolute Gasteiger partial charge is 0.618 e. The van der Waals surface area contributed by atoms with Crippen molar-refractivity contribution in [1.82, 2.24) is 4.98 Å². The van der Waals surface area contributed by atoms with Crippen LogP contribution in [0.15, 0.2) is 84.9 Å². The van der Waals surface area contributed by atoms with Gasteiger partial charge in [0.25, 0.3) is 5.69 Å². The Labute approximate surface area is 134 Å². The van der Waals surface area contributed by atoms with Crippen molar-refractivity contribution in [3.05, 3.63) is 90.1 Å². The van der Waals surface area contributed by atoms with E-state index in [1.54, 1.807) is 6.07 Å². The quantitative estimate of drug-likeness (QED) is 0.411. The maximum atomic E-state index is 13.0. The first kappa shape index (κ1) is 13.5. The number of benzene rings is 3. The molecule has 23 heavy (non-hydrogen) atoms. The Bertz CT molecular complexity index is 967. The zero-order chi connectivity index (χ0) is 15.6. The second-order valence-electron chi connectivity index (χ2n) is 5.32. The van der Waals surface area contributed by atoms with Gasteiger partial charge in [-0.3, -0.25) is 0 Å². The molecule has 3 heteroatoms. The van der Waals surface area contributed by atoms with Gasteiger partial charge in [-0.25, -0.2) is 4.98 Å². The predicted molar refractivity (Wildman–Crippen MR) is 91.6 cm³/mol. The average Bonchev–Trinajstić information content (AvgIpc) is 2.63. The van der Waals surface area contributed by atoms with E-state index in [-0.39, 0.29) is 0 Å². The molecule has 0 spiro atoms. The van der Waals surface area contributed by atoms with Crippen LogP contribution in [0, 0.1) is 5.21 Å². The van der Waals surface area contributed by atoms with Crippen LogP contribution in [0.4, 0.5) is 0 Å². The van der Waals surface area contributed by atoms with Gasteiger partial charge in [-0.1, -0.05) is 60.7 Å². The summed E-state index contributed by atoms with van der Waals surface area (Å²) in [4.78, 5) is 4.76. The molecule has 0 N–H and O–H groups in total. The third-order valence-corrected chi connectivity index (χ3v) is 3.85. The van der Waals surface area contributed by atoms with Crippen LogP contribution < -0.4 is 4.73 Å². The second kappa shape index (κ2) is 5.54. The molecule has 0 bridgehead atoms. The van der Waals surface area contributed by atoms with Crippen molar-refractivity contribution in [2.24, 2.45) is 0 Å². The van der Waals surface area contributed by atoms with Crippen LogP contribution in [0.25, 0.3) is 33.5 Å². The first-order valence-corrected chi connectivity index (χ1v) is 7.48. The van der Waals surface area contributed by atoms with E-state index in [9.17, 15) is 5.21 Å². The van der Waals surface area contributed by atoms with Gasteiger partial charge in [-0.2, -0.15) is 4.73 Å². The lowest BCUT2D eigenvalue weighted by molar-refractivity contribution is -0.564. The van der Waals surface area contributed by atoms with Gasteiger partial charge in [0.1, 0.15) is 11.2 Å². The molecule has 0 aliphatic carbocycles. The smallest absolute Gasteiger partial charge is 0.250 e. The Morgan fingerprint density at radius 3 is 1.91 bits per heavy atom. The first-order chi connectivity index (χ1) is 11.3. The van der Waals surface area contributed by atoms with Gasteiger partial charge in [0.05, 0.1) is 0 Å². The Morgan fingerprint density at radius 1 is 0.652 bits per heavy atom. The number of hydrogen-bond donors (Lipinski definition) is 0. The molecule has 3 nitrogen and oxygen atoms in total. The molecule has 0 unspecified atom stereocenters. The molecule has 0 fully saturated rings. The second-order valence-corrected chi connectivity index (χ2v) is 5.32. The average molecular weight is 298 g/mol. The summed E-state index contributed by atoms with van der Waals surface area (Å²) in [6, 6.07) is 26.9. The first-order valence-electron chi connectivity index (χ1n) is 7.48. The van der Waals surface area contributed by atoms with Crippen molar-refractivity contribution in [3.63, 3.8) is 0 Å². The van der Waals surface area contributed by atoms with Gasteiger partial charge in [0, 0.05) is 17.2 Å². The van der Waals surface area contributed by atoms with Crippen molar-refractivity contribution in [2.45, 2.75) is 0 Å². The van der Waals surface area contributed by atoms with E-state index in [4.69, 9.17) is 4.98 Å². The minimum absolute atomic E-state index is 0.575. The van der Waals surface area contributed by atoms with Crippen LogP contribution in [0.1, 0.15) is 0 Å². The highest BCUT2D eigenvalue weighted by atomic mass is 16.5. The predicted octanol–water partition coefficient (Wildman–Crippen LogP) is 4.20. The fourth-order valence-electron chi connectivity index (χ4n) is 2.77. The van der Waals surface area contributed by atoms with E-state index >= 15 is 0 Å². The summed E-state index contributed by atoms with van der Waals surface area (Å²) in [6.45, 7) is 0. The van der Waals surface area contributed by atoms with Gasteiger partial charge in [0.15, 0.2) is 0 Å². The van der Waals surface area contributed by atoms with Crippen LogP contribution in [0.3, 0.4) is 0 Å². The lowest BCUT2D eigenvalue weighted by Crippen LogP contribution is -2.31. The molecule has 0 amide bonds. The fourth-order valence-corrected chi connectivity index (χ4v) is 2.77. The molecule has 4 aromatic rings. The minimum atomic E-state index is 0.575. The van der Waals surface area contributed by atoms with Crippen LogP contribution in [0.5, 0.6) is 0 Å². The Hall–Kier alpha value is -3.20. The molecule has 0 aliphatic heterocycles. The summed E-state index contributed by atoms with van der Waals surface area (Å²) in [6.07, 6.45) is 0. The van der Waals surface area contributed by atoms with Crippen LogP contribution >= 0.6 is 0 Å². The third kappa shape index (κ3) is 2.32. The lowest BCUT2D eigenvalue weighted by atomic mass is 10.0. The standard InChI is InChI=1S/C20H14N2O/c23-22-18-14-8-7-13-17(18)21-19(15-9-3-1-4-10-15)20(22)16-11-5-2-6-12-16/h1-14H. The number of fused-ring (bicyclic) bond motifs is 1. The molecule has 0 atom stereocenters. The van der Waals surface area contributed by atoms with Gasteiger partial charge in [-0.05, 0) is 18.2 Å². The highest BCUT2D eigenvalue weighted by Crippen LogP contribution is 2.29. The molecule has 1 aromatic heterocycles. The molecule has 0 saturated heterocycles. The zero-order valence-corrected chi connectivity index (χ0v) is 12.4. The summed E-state index contributed by atoms with van der Waals surface area (Å²) < 4.78 is 0.986. The van der Waals surface area contributed by atoms with Crippen LogP contribution in [-0.2, 0) is 0 Å².